The number of aliphatic carboxylic acids is 3. The second kappa shape index (κ2) is 7.44. The Morgan fingerprint density at radius 2 is 1.42 bits per heavy atom. The largest absolute Gasteiger partial charge is 0.481 e. The minimum absolute atomic E-state index is 0.222. The maximum atomic E-state index is 11.7. The molecule has 3 atom stereocenters. The lowest BCUT2D eigenvalue weighted by atomic mass is 9.90. The molecule has 0 saturated carbocycles. The van der Waals surface area contributed by atoms with Gasteiger partial charge in [0.1, 0.15) is 12.0 Å². The number of carboxylic acids is 3. The van der Waals surface area contributed by atoms with Crippen LogP contribution in [-0.2, 0) is 19.2 Å². The number of rotatable bonds is 9. The summed E-state index contributed by atoms with van der Waals surface area (Å²) >= 11 is 0. The average molecular weight is 276 g/mol. The number of carbonyl (C=O) groups excluding carboxylic acids is 1. The van der Waals surface area contributed by atoms with Crippen LogP contribution in [0.2, 0.25) is 0 Å². The highest BCUT2D eigenvalue weighted by atomic mass is 16.4. The fourth-order valence-electron chi connectivity index (χ4n) is 1.37. The predicted octanol–water partition coefficient (Wildman–Crippen LogP) is -1.75. The molecule has 108 valence electrons. The fraction of sp³-hybridized carbons (Fsp3) is 0.600. The number of carbonyl (C=O) groups is 4. The molecule has 0 aliphatic carbocycles. The van der Waals surface area contributed by atoms with Gasteiger partial charge in [0.15, 0.2) is 5.78 Å². The summed E-state index contributed by atoms with van der Waals surface area (Å²) in [7, 11) is 0. The highest BCUT2D eigenvalue weighted by Crippen LogP contribution is 2.12. The topological polar surface area (TPSA) is 181 Å². The van der Waals surface area contributed by atoms with E-state index in [1.165, 1.54) is 0 Å². The van der Waals surface area contributed by atoms with Crippen LogP contribution < -0.4 is 11.5 Å². The summed E-state index contributed by atoms with van der Waals surface area (Å²) in [5.74, 6) is -6.72. The number of hydrogen-bond donors (Lipinski definition) is 5. The molecule has 19 heavy (non-hydrogen) atoms. The van der Waals surface area contributed by atoms with Gasteiger partial charge < -0.3 is 26.8 Å². The first-order chi connectivity index (χ1) is 8.66. The van der Waals surface area contributed by atoms with Crippen molar-refractivity contribution in [3.8, 4) is 0 Å². The lowest BCUT2D eigenvalue weighted by molar-refractivity contribution is -0.148. The van der Waals surface area contributed by atoms with E-state index in [1.54, 1.807) is 0 Å². The molecule has 0 aliphatic rings. The van der Waals surface area contributed by atoms with Crippen molar-refractivity contribution in [3.63, 3.8) is 0 Å². The second-order valence-corrected chi connectivity index (χ2v) is 4.01. The van der Waals surface area contributed by atoms with E-state index in [1.807, 2.05) is 0 Å². The molecule has 0 aliphatic heterocycles. The fourth-order valence-corrected chi connectivity index (χ4v) is 1.37. The average Bonchev–Trinajstić information content (AvgIpc) is 2.30. The Morgan fingerprint density at radius 1 is 0.895 bits per heavy atom. The van der Waals surface area contributed by atoms with Gasteiger partial charge in [-0.1, -0.05) is 0 Å². The zero-order chi connectivity index (χ0) is 15.2. The summed E-state index contributed by atoms with van der Waals surface area (Å²) < 4.78 is 0. The quantitative estimate of drug-likeness (QED) is 0.305. The van der Waals surface area contributed by atoms with Crippen LogP contribution in [0.4, 0.5) is 0 Å². The van der Waals surface area contributed by atoms with Gasteiger partial charge in [-0.3, -0.25) is 19.2 Å². The van der Waals surface area contributed by atoms with Gasteiger partial charge in [-0.25, -0.2) is 0 Å². The number of carboxylic acid groups (broad SMARTS) is 3. The van der Waals surface area contributed by atoms with E-state index in [9.17, 15) is 19.2 Å². The second-order valence-electron chi connectivity index (χ2n) is 4.01. The Hall–Kier alpha value is -2.00. The molecule has 0 bridgehead atoms. The molecule has 0 fully saturated rings. The summed E-state index contributed by atoms with van der Waals surface area (Å²) in [5, 5.41) is 25.9. The van der Waals surface area contributed by atoms with Gasteiger partial charge in [-0.15, -0.1) is 0 Å². The van der Waals surface area contributed by atoms with Gasteiger partial charge in [0.25, 0.3) is 0 Å². The molecule has 0 aromatic rings. The Bertz CT molecular complexity index is 382. The molecule has 0 saturated heterocycles. The molecule has 0 radical (unpaired) electrons. The molecule has 0 amide bonds. The first-order valence-corrected chi connectivity index (χ1v) is 5.39. The minimum atomic E-state index is -1.66. The van der Waals surface area contributed by atoms with Crippen molar-refractivity contribution in [2.24, 2.45) is 17.4 Å². The molecule has 9 heteroatoms. The SMILES string of the molecule is N[C@@H](CC(C(=O)O)C(=O)[C@@H](N)CCC(=O)O)C(=O)O. The maximum Gasteiger partial charge on any atom is 0.320 e. The molecule has 0 spiro atoms. The number of hydrogen-bond acceptors (Lipinski definition) is 6. The van der Waals surface area contributed by atoms with Crippen molar-refractivity contribution in [1.82, 2.24) is 0 Å². The summed E-state index contributed by atoms with van der Waals surface area (Å²) in [5.41, 5.74) is 10.6. The molecule has 0 rings (SSSR count). The Labute approximate surface area is 108 Å². The first-order valence-electron chi connectivity index (χ1n) is 5.39. The van der Waals surface area contributed by atoms with Crippen LogP contribution in [0.3, 0.4) is 0 Å². The third-order valence-electron chi connectivity index (χ3n) is 2.48. The van der Waals surface area contributed by atoms with Gasteiger partial charge in [-0.05, 0) is 12.8 Å². The van der Waals surface area contributed by atoms with Gasteiger partial charge in [0.2, 0.25) is 0 Å². The van der Waals surface area contributed by atoms with Crippen molar-refractivity contribution in [1.29, 1.82) is 0 Å². The number of Topliss-reactive ketones (excluding diaryl/α,β-unsaturated/α-hetero) is 1. The summed E-state index contributed by atoms with van der Waals surface area (Å²) in [6.45, 7) is 0. The van der Waals surface area contributed by atoms with Gasteiger partial charge >= 0.3 is 17.9 Å². The zero-order valence-electron chi connectivity index (χ0n) is 9.98. The Morgan fingerprint density at radius 3 is 1.79 bits per heavy atom. The summed E-state index contributed by atoms with van der Waals surface area (Å²) in [6.07, 6.45) is -1.20. The van der Waals surface area contributed by atoms with Crippen LogP contribution in [-0.4, -0.2) is 51.1 Å². The molecule has 0 heterocycles. The maximum absolute atomic E-state index is 11.7. The minimum Gasteiger partial charge on any atom is -0.481 e. The number of ketones is 1. The highest BCUT2D eigenvalue weighted by Gasteiger charge is 2.33. The summed E-state index contributed by atoms with van der Waals surface area (Å²) in [6, 6.07) is -2.78. The van der Waals surface area contributed by atoms with E-state index in [2.05, 4.69) is 0 Å². The van der Waals surface area contributed by atoms with Crippen molar-refractivity contribution in [2.75, 3.05) is 0 Å². The first kappa shape index (κ1) is 17.0. The Balaban J connectivity index is 4.70. The smallest absolute Gasteiger partial charge is 0.320 e. The van der Waals surface area contributed by atoms with Crippen LogP contribution in [0.5, 0.6) is 0 Å². The van der Waals surface area contributed by atoms with Gasteiger partial charge in [-0.2, -0.15) is 0 Å². The van der Waals surface area contributed by atoms with Gasteiger partial charge in [0, 0.05) is 6.42 Å². The van der Waals surface area contributed by atoms with Crippen molar-refractivity contribution < 1.29 is 34.5 Å². The van der Waals surface area contributed by atoms with E-state index >= 15 is 0 Å². The van der Waals surface area contributed by atoms with Crippen molar-refractivity contribution >= 4 is 23.7 Å². The molecular formula is C10H16N2O7. The van der Waals surface area contributed by atoms with Crippen LogP contribution >= 0.6 is 0 Å². The molecular weight excluding hydrogens is 260 g/mol. The zero-order valence-corrected chi connectivity index (χ0v) is 9.98. The van der Waals surface area contributed by atoms with Crippen LogP contribution in [0.25, 0.3) is 0 Å². The standard InChI is InChI=1S/C10H16N2O7/c11-5(1-2-7(13)14)8(15)4(9(16)17)3-6(12)10(18)19/h4-6H,1-3,11-12H2,(H,13,14)(H,16,17)(H,18,19)/t4?,5-,6-/m0/s1. The molecule has 9 nitrogen and oxygen atoms in total. The van der Waals surface area contributed by atoms with Crippen molar-refractivity contribution in [3.05, 3.63) is 0 Å². The van der Waals surface area contributed by atoms with E-state index < -0.39 is 48.1 Å². The van der Waals surface area contributed by atoms with Crippen LogP contribution in [0, 0.1) is 5.92 Å². The van der Waals surface area contributed by atoms with Crippen molar-refractivity contribution in [2.45, 2.75) is 31.3 Å². The highest BCUT2D eigenvalue weighted by molar-refractivity contribution is 6.01. The van der Waals surface area contributed by atoms with Crippen LogP contribution in [0.15, 0.2) is 0 Å². The predicted molar refractivity (Wildman–Crippen MR) is 61.2 cm³/mol. The summed E-state index contributed by atoms with van der Waals surface area (Å²) in [4.78, 5) is 43.5. The van der Waals surface area contributed by atoms with Crippen LogP contribution in [0.1, 0.15) is 19.3 Å². The van der Waals surface area contributed by atoms with E-state index in [0.717, 1.165) is 0 Å². The number of nitrogens with two attached hydrogens (primary N) is 2. The van der Waals surface area contributed by atoms with E-state index in [4.69, 9.17) is 26.8 Å². The van der Waals surface area contributed by atoms with E-state index in [0.29, 0.717) is 0 Å². The molecule has 7 N–H and O–H groups in total. The molecule has 0 aromatic carbocycles. The third kappa shape index (κ3) is 5.93. The normalized spacial score (nSPS) is 15.3. The lowest BCUT2D eigenvalue weighted by Crippen LogP contribution is -2.43. The Kier molecular flexibility index (Phi) is 6.66. The van der Waals surface area contributed by atoms with E-state index in [-0.39, 0.29) is 12.8 Å². The van der Waals surface area contributed by atoms with Gasteiger partial charge in [0.05, 0.1) is 6.04 Å². The third-order valence-corrected chi connectivity index (χ3v) is 2.48. The molecule has 1 unspecified atom stereocenters. The molecule has 0 aromatic heterocycles. The lowest BCUT2D eigenvalue weighted by Gasteiger charge is -2.17. The monoisotopic (exact) mass is 276 g/mol.